The molecule has 1 aromatic rings. The standard InChI is InChI=1S/C12H17NO.C2H6/c1-3-4-9-13-12(14)11-8-6-5-7-10(11)2;1-2/h5-8H,3-4,9H2,1-2H3,(H,13,14);1-2H3. The van der Waals surface area contributed by atoms with Crippen LogP contribution in [-0.2, 0) is 0 Å². The van der Waals surface area contributed by atoms with Crippen LogP contribution in [0.25, 0.3) is 0 Å². The molecule has 0 aliphatic carbocycles. The molecule has 0 saturated heterocycles. The lowest BCUT2D eigenvalue weighted by molar-refractivity contribution is 0.0952. The van der Waals surface area contributed by atoms with Crippen LogP contribution in [0.15, 0.2) is 24.3 Å². The molecule has 0 aliphatic rings. The molecule has 0 saturated carbocycles. The van der Waals surface area contributed by atoms with Gasteiger partial charge in [-0.05, 0) is 25.0 Å². The SMILES string of the molecule is CC.CCCCNC(=O)c1ccccc1C. The Morgan fingerprint density at radius 2 is 1.88 bits per heavy atom. The Kier molecular flexibility index (Phi) is 8.22. The molecule has 2 heteroatoms. The molecule has 0 bridgehead atoms. The van der Waals surface area contributed by atoms with Crippen LogP contribution in [0.5, 0.6) is 0 Å². The topological polar surface area (TPSA) is 29.1 Å². The summed E-state index contributed by atoms with van der Waals surface area (Å²) in [5, 5.41) is 2.90. The van der Waals surface area contributed by atoms with E-state index in [1.165, 1.54) is 0 Å². The molecule has 1 aromatic carbocycles. The molecular weight excluding hydrogens is 198 g/mol. The van der Waals surface area contributed by atoms with Crippen LogP contribution in [0, 0.1) is 6.92 Å². The van der Waals surface area contributed by atoms with Crippen molar-refractivity contribution in [1.29, 1.82) is 0 Å². The first kappa shape index (κ1) is 14.7. The summed E-state index contributed by atoms with van der Waals surface area (Å²) >= 11 is 0. The molecule has 0 fully saturated rings. The van der Waals surface area contributed by atoms with E-state index >= 15 is 0 Å². The maximum atomic E-state index is 11.6. The van der Waals surface area contributed by atoms with Gasteiger partial charge in [-0.3, -0.25) is 4.79 Å². The molecule has 0 aliphatic heterocycles. The zero-order valence-corrected chi connectivity index (χ0v) is 10.8. The normalized spacial score (nSPS) is 9.00. The summed E-state index contributed by atoms with van der Waals surface area (Å²) in [7, 11) is 0. The highest BCUT2D eigenvalue weighted by atomic mass is 16.1. The zero-order valence-electron chi connectivity index (χ0n) is 10.8. The second-order valence-electron chi connectivity index (χ2n) is 3.42. The fourth-order valence-electron chi connectivity index (χ4n) is 1.30. The smallest absolute Gasteiger partial charge is 0.251 e. The Morgan fingerprint density at radius 3 is 2.44 bits per heavy atom. The monoisotopic (exact) mass is 221 g/mol. The lowest BCUT2D eigenvalue weighted by atomic mass is 10.1. The van der Waals surface area contributed by atoms with Crippen molar-refractivity contribution in [2.24, 2.45) is 0 Å². The highest BCUT2D eigenvalue weighted by Gasteiger charge is 2.05. The second-order valence-corrected chi connectivity index (χ2v) is 3.42. The van der Waals surface area contributed by atoms with E-state index < -0.39 is 0 Å². The summed E-state index contributed by atoms with van der Waals surface area (Å²) in [5.41, 5.74) is 1.81. The van der Waals surface area contributed by atoms with Crippen molar-refractivity contribution in [2.45, 2.75) is 40.5 Å². The highest BCUT2D eigenvalue weighted by Crippen LogP contribution is 2.06. The Labute approximate surface area is 99.1 Å². The minimum atomic E-state index is 0.0385. The number of unbranched alkanes of at least 4 members (excludes halogenated alkanes) is 1. The van der Waals surface area contributed by atoms with Gasteiger partial charge in [0.2, 0.25) is 0 Å². The van der Waals surface area contributed by atoms with Crippen molar-refractivity contribution < 1.29 is 4.79 Å². The molecule has 0 radical (unpaired) electrons. The number of nitrogens with one attached hydrogen (secondary N) is 1. The molecule has 0 spiro atoms. The highest BCUT2D eigenvalue weighted by molar-refractivity contribution is 5.95. The third-order valence-electron chi connectivity index (χ3n) is 2.21. The fraction of sp³-hybridized carbons (Fsp3) is 0.500. The van der Waals surface area contributed by atoms with Gasteiger partial charge in [0, 0.05) is 12.1 Å². The van der Waals surface area contributed by atoms with Gasteiger partial charge in [-0.2, -0.15) is 0 Å². The molecular formula is C14H23NO. The Hall–Kier alpha value is -1.31. The van der Waals surface area contributed by atoms with E-state index in [1.807, 2.05) is 45.0 Å². The van der Waals surface area contributed by atoms with Gasteiger partial charge in [0.25, 0.3) is 5.91 Å². The van der Waals surface area contributed by atoms with E-state index in [4.69, 9.17) is 0 Å². The Morgan fingerprint density at radius 1 is 1.25 bits per heavy atom. The molecule has 90 valence electrons. The van der Waals surface area contributed by atoms with Gasteiger partial charge >= 0.3 is 0 Å². The first-order valence-electron chi connectivity index (χ1n) is 6.09. The third-order valence-corrected chi connectivity index (χ3v) is 2.21. The van der Waals surface area contributed by atoms with E-state index in [1.54, 1.807) is 0 Å². The van der Waals surface area contributed by atoms with Crippen LogP contribution in [0.4, 0.5) is 0 Å². The largest absolute Gasteiger partial charge is 0.352 e. The van der Waals surface area contributed by atoms with Gasteiger partial charge < -0.3 is 5.32 Å². The van der Waals surface area contributed by atoms with Gasteiger partial charge in [-0.15, -0.1) is 0 Å². The summed E-state index contributed by atoms with van der Waals surface area (Å²) in [6.45, 7) is 8.83. The second kappa shape index (κ2) is 8.96. The molecule has 16 heavy (non-hydrogen) atoms. The number of carbonyl (C=O) groups excluding carboxylic acids is 1. The summed E-state index contributed by atoms with van der Waals surface area (Å²) in [4.78, 5) is 11.6. The first-order chi connectivity index (χ1) is 7.75. The number of carbonyl (C=O) groups is 1. The molecule has 0 aromatic heterocycles. The van der Waals surface area contributed by atoms with E-state index in [-0.39, 0.29) is 5.91 Å². The molecule has 0 unspecified atom stereocenters. The maximum absolute atomic E-state index is 11.6. The van der Waals surface area contributed by atoms with E-state index in [9.17, 15) is 4.79 Å². The van der Waals surface area contributed by atoms with Crippen LogP contribution in [0.3, 0.4) is 0 Å². The molecule has 1 N–H and O–H groups in total. The number of hydrogen-bond acceptors (Lipinski definition) is 1. The first-order valence-corrected chi connectivity index (χ1v) is 6.09. The maximum Gasteiger partial charge on any atom is 0.251 e. The van der Waals surface area contributed by atoms with Gasteiger partial charge in [0.1, 0.15) is 0 Å². The average Bonchev–Trinajstić information content (AvgIpc) is 2.32. The molecule has 1 amide bonds. The van der Waals surface area contributed by atoms with E-state index in [0.717, 1.165) is 30.5 Å². The Balaban J connectivity index is 0.00000106. The van der Waals surface area contributed by atoms with Gasteiger partial charge in [-0.25, -0.2) is 0 Å². The molecule has 2 nitrogen and oxygen atoms in total. The van der Waals surface area contributed by atoms with Crippen LogP contribution >= 0.6 is 0 Å². The van der Waals surface area contributed by atoms with E-state index in [0.29, 0.717) is 0 Å². The predicted octanol–water partition coefficient (Wildman–Crippen LogP) is 3.55. The van der Waals surface area contributed by atoms with Gasteiger partial charge in [0.15, 0.2) is 0 Å². The summed E-state index contributed by atoms with van der Waals surface area (Å²) in [6.07, 6.45) is 2.14. The number of benzene rings is 1. The van der Waals surface area contributed by atoms with Crippen molar-refractivity contribution in [2.75, 3.05) is 6.54 Å². The number of hydrogen-bond donors (Lipinski definition) is 1. The van der Waals surface area contributed by atoms with Gasteiger partial charge in [-0.1, -0.05) is 45.4 Å². The minimum absolute atomic E-state index is 0.0385. The van der Waals surface area contributed by atoms with Crippen LogP contribution < -0.4 is 5.32 Å². The molecule has 0 heterocycles. The number of rotatable bonds is 4. The van der Waals surface area contributed by atoms with E-state index in [2.05, 4.69) is 12.2 Å². The van der Waals surface area contributed by atoms with Crippen molar-refractivity contribution >= 4 is 5.91 Å². The summed E-state index contributed by atoms with van der Waals surface area (Å²) < 4.78 is 0. The van der Waals surface area contributed by atoms with Crippen molar-refractivity contribution in [3.63, 3.8) is 0 Å². The van der Waals surface area contributed by atoms with Crippen LogP contribution in [0.2, 0.25) is 0 Å². The zero-order chi connectivity index (χ0) is 12.4. The van der Waals surface area contributed by atoms with Crippen LogP contribution in [-0.4, -0.2) is 12.5 Å². The third kappa shape index (κ3) is 4.96. The summed E-state index contributed by atoms with van der Waals surface area (Å²) in [5.74, 6) is 0.0385. The molecule has 0 atom stereocenters. The average molecular weight is 221 g/mol. The number of aryl methyl sites for hydroxylation is 1. The Bertz CT molecular complexity index is 307. The number of amides is 1. The van der Waals surface area contributed by atoms with Crippen molar-refractivity contribution in [3.8, 4) is 0 Å². The minimum Gasteiger partial charge on any atom is -0.352 e. The van der Waals surface area contributed by atoms with Crippen molar-refractivity contribution in [3.05, 3.63) is 35.4 Å². The quantitative estimate of drug-likeness (QED) is 0.774. The van der Waals surface area contributed by atoms with Gasteiger partial charge in [0.05, 0.1) is 0 Å². The predicted molar refractivity (Wildman–Crippen MR) is 69.8 cm³/mol. The lowest BCUT2D eigenvalue weighted by Crippen LogP contribution is -2.24. The summed E-state index contributed by atoms with van der Waals surface area (Å²) in [6, 6.07) is 7.64. The molecule has 1 rings (SSSR count). The van der Waals surface area contributed by atoms with Crippen LogP contribution in [0.1, 0.15) is 49.5 Å². The van der Waals surface area contributed by atoms with Crippen molar-refractivity contribution in [1.82, 2.24) is 5.32 Å². The fourth-order valence-corrected chi connectivity index (χ4v) is 1.30. The lowest BCUT2D eigenvalue weighted by Gasteiger charge is -2.06.